The van der Waals surface area contributed by atoms with E-state index in [1.165, 1.54) is 0 Å². The number of hydrogen-bond acceptors (Lipinski definition) is 3. The Labute approximate surface area is 115 Å². The normalized spacial score (nSPS) is 12.6. The van der Waals surface area contributed by atoms with Crippen LogP contribution in [0, 0.1) is 5.92 Å². The van der Waals surface area contributed by atoms with Crippen molar-refractivity contribution in [3.05, 3.63) is 0 Å². The zero-order chi connectivity index (χ0) is 15.0. The van der Waals surface area contributed by atoms with Gasteiger partial charge in [0.15, 0.2) is 0 Å². The Morgan fingerprint density at radius 1 is 1.21 bits per heavy atom. The number of urea groups is 1. The highest BCUT2D eigenvalue weighted by atomic mass is 16.4. The van der Waals surface area contributed by atoms with Gasteiger partial charge in [-0.05, 0) is 26.4 Å². The Kier molecular flexibility index (Phi) is 8.14. The fourth-order valence-corrected chi connectivity index (χ4v) is 1.62. The maximum atomic E-state index is 12.1. The zero-order valence-corrected chi connectivity index (χ0v) is 12.6. The molecule has 112 valence electrons. The SMILES string of the molecule is CC[C@@H](NC(=O)N(CCN(C)C)CC(C)C)C(=O)O. The molecule has 2 amide bonds. The van der Waals surface area contributed by atoms with Crippen molar-refractivity contribution in [3.63, 3.8) is 0 Å². The summed E-state index contributed by atoms with van der Waals surface area (Å²) >= 11 is 0. The predicted molar refractivity (Wildman–Crippen MR) is 75.2 cm³/mol. The molecule has 19 heavy (non-hydrogen) atoms. The first kappa shape index (κ1) is 17.7. The zero-order valence-electron chi connectivity index (χ0n) is 12.6. The average Bonchev–Trinajstić information content (AvgIpc) is 2.29. The van der Waals surface area contributed by atoms with Crippen molar-refractivity contribution in [1.29, 1.82) is 0 Å². The fraction of sp³-hybridized carbons (Fsp3) is 0.846. The molecule has 1 atom stereocenters. The summed E-state index contributed by atoms with van der Waals surface area (Å²) in [5, 5.41) is 11.5. The molecule has 0 aliphatic heterocycles. The molecule has 2 N–H and O–H groups in total. The minimum Gasteiger partial charge on any atom is -0.480 e. The molecule has 0 unspecified atom stereocenters. The van der Waals surface area contributed by atoms with Crippen molar-refractivity contribution in [2.24, 2.45) is 5.92 Å². The third-order valence-electron chi connectivity index (χ3n) is 2.69. The van der Waals surface area contributed by atoms with Crippen molar-refractivity contribution in [3.8, 4) is 0 Å². The molecular formula is C13H27N3O3. The molecule has 6 heteroatoms. The van der Waals surface area contributed by atoms with Crippen LogP contribution in [0.4, 0.5) is 4.79 Å². The van der Waals surface area contributed by atoms with Crippen molar-refractivity contribution >= 4 is 12.0 Å². The van der Waals surface area contributed by atoms with Crippen LogP contribution in [0.15, 0.2) is 0 Å². The van der Waals surface area contributed by atoms with Gasteiger partial charge < -0.3 is 20.2 Å². The van der Waals surface area contributed by atoms with Gasteiger partial charge >= 0.3 is 12.0 Å². The third kappa shape index (κ3) is 7.66. The molecule has 0 heterocycles. The second kappa shape index (κ2) is 8.74. The Morgan fingerprint density at radius 2 is 1.79 bits per heavy atom. The van der Waals surface area contributed by atoms with Crippen LogP contribution in [-0.4, -0.2) is 66.7 Å². The number of nitrogens with one attached hydrogen (secondary N) is 1. The number of rotatable bonds is 8. The molecular weight excluding hydrogens is 246 g/mol. The van der Waals surface area contributed by atoms with Gasteiger partial charge in [-0.25, -0.2) is 9.59 Å². The van der Waals surface area contributed by atoms with Crippen LogP contribution < -0.4 is 5.32 Å². The summed E-state index contributed by atoms with van der Waals surface area (Å²) in [6.07, 6.45) is 0.379. The van der Waals surface area contributed by atoms with Crippen LogP contribution in [0.2, 0.25) is 0 Å². The standard InChI is InChI=1S/C13H27N3O3/c1-6-11(12(17)18)14-13(19)16(9-10(2)3)8-7-15(4)5/h10-11H,6-9H2,1-5H3,(H,14,19)(H,17,18)/t11-/m1/s1. The van der Waals surface area contributed by atoms with E-state index in [0.717, 1.165) is 6.54 Å². The number of aliphatic carboxylic acids is 1. The van der Waals surface area contributed by atoms with E-state index in [-0.39, 0.29) is 6.03 Å². The second-order valence-corrected chi connectivity index (χ2v) is 5.39. The topological polar surface area (TPSA) is 72.9 Å². The lowest BCUT2D eigenvalue weighted by atomic mass is 10.2. The highest BCUT2D eigenvalue weighted by Gasteiger charge is 2.21. The quantitative estimate of drug-likeness (QED) is 0.694. The molecule has 0 saturated heterocycles. The molecule has 0 bridgehead atoms. The van der Waals surface area contributed by atoms with Gasteiger partial charge in [-0.15, -0.1) is 0 Å². The molecule has 0 saturated carbocycles. The first-order chi connectivity index (χ1) is 8.77. The average molecular weight is 273 g/mol. The summed E-state index contributed by atoms with van der Waals surface area (Å²) in [5.41, 5.74) is 0. The Hall–Kier alpha value is -1.30. The van der Waals surface area contributed by atoms with Gasteiger partial charge in [-0.1, -0.05) is 20.8 Å². The number of hydrogen-bond donors (Lipinski definition) is 2. The molecule has 6 nitrogen and oxygen atoms in total. The summed E-state index contributed by atoms with van der Waals surface area (Å²) < 4.78 is 0. The van der Waals surface area contributed by atoms with E-state index < -0.39 is 12.0 Å². The van der Waals surface area contributed by atoms with Gasteiger partial charge in [0.25, 0.3) is 0 Å². The molecule has 0 aromatic heterocycles. The predicted octanol–water partition coefficient (Wildman–Crippen LogP) is 1.08. The van der Waals surface area contributed by atoms with E-state index in [9.17, 15) is 9.59 Å². The number of nitrogens with zero attached hydrogens (tertiary/aromatic N) is 2. The molecule has 0 aromatic rings. The minimum atomic E-state index is -0.993. The Balaban J connectivity index is 4.55. The van der Waals surface area contributed by atoms with Crippen LogP contribution in [0.25, 0.3) is 0 Å². The van der Waals surface area contributed by atoms with Crippen molar-refractivity contribution in [2.75, 3.05) is 33.7 Å². The first-order valence-corrected chi connectivity index (χ1v) is 6.70. The summed E-state index contributed by atoms with van der Waals surface area (Å²) in [4.78, 5) is 26.7. The summed E-state index contributed by atoms with van der Waals surface area (Å²) in [5.74, 6) is -0.647. The monoisotopic (exact) mass is 273 g/mol. The summed E-state index contributed by atoms with van der Waals surface area (Å²) in [6, 6.07) is -1.12. The lowest BCUT2D eigenvalue weighted by Gasteiger charge is -2.27. The summed E-state index contributed by atoms with van der Waals surface area (Å²) in [6.45, 7) is 7.77. The van der Waals surface area contributed by atoms with E-state index in [2.05, 4.69) is 5.32 Å². The van der Waals surface area contributed by atoms with E-state index in [1.807, 2.05) is 32.8 Å². The van der Waals surface area contributed by atoms with Gasteiger partial charge in [-0.3, -0.25) is 0 Å². The van der Waals surface area contributed by atoms with Gasteiger partial charge in [0.2, 0.25) is 0 Å². The molecule has 0 fully saturated rings. The van der Waals surface area contributed by atoms with Crippen LogP contribution in [0.5, 0.6) is 0 Å². The number of carboxylic acids is 1. The molecule has 0 rings (SSSR count). The van der Waals surface area contributed by atoms with Crippen molar-refractivity contribution in [1.82, 2.24) is 15.1 Å². The number of likely N-dealkylation sites (N-methyl/N-ethyl adjacent to an activating group) is 1. The molecule has 0 aromatic carbocycles. The van der Waals surface area contributed by atoms with Crippen LogP contribution in [-0.2, 0) is 4.79 Å². The van der Waals surface area contributed by atoms with E-state index in [0.29, 0.717) is 25.4 Å². The lowest BCUT2D eigenvalue weighted by molar-refractivity contribution is -0.139. The van der Waals surface area contributed by atoms with Gasteiger partial charge in [0, 0.05) is 19.6 Å². The Morgan fingerprint density at radius 3 is 2.16 bits per heavy atom. The van der Waals surface area contributed by atoms with Gasteiger partial charge in [-0.2, -0.15) is 0 Å². The van der Waals surface area contributed by atoms with Crippen LogP contribution in [0.1, 0.15) is 27.2 Å². The fourth-order valence-electron chi connectivity index (χ4n) is 1.62. The maximum absolute atomic E-state index is 12.1. The van der Waals surface area contributed by atoms with Gasteiger partial charge in [0.05, 0.1) is 0 Å². The highest BCUT2D eigenvalue weighted by molar-refractivity contribution is 5.82. The number of carbonyl (C=O) groups excluding carboxylic acids is 1. The van der Waals surface area contributed by atoms with Gasteiger partial charge in [0.1, 0.15) is 6.04 Å². The lowest BCUT2D eigenvalue weighted by Crippen LogP contribution is -2.50. The largest absolute Gasteiger partial charge is 0.480 e. The van der Waals surface area contributed by atoms with E-state index in [4.69, 9.17) is 5.11 Å². The summed E-state index contributed by atoms with van der Waals surface area (Å²) in [7, 11) is 3.88. The highest BCUT2D eigenvalue weighted by Crippen LogP contribution is 2.01. The number of carbonyl (C=O) groups is 2. The Bertz CT molecular complexity index is 293. The number of amides is 2. The minimum absolute atomic E-state index is 0.301. The van der Waals surface area contributed by atoms with Crippen LogP contribution in [0.3, 0.4) is 0 Å². The molecule has 0 spiro atoms. The van der Waals surface area contributed by atoms with E-state index >= 15 is 0 Å². The van der Waals surface area contributed by atoms with E-state index in [1.54, 1.807) is 11.8 Å². The smallest absolute Gasteiger partial charge is 0.326 e. The first-order valence-electron chi connectivity index (χ1n) is 6.70. The second-order valence-electron chi connectivity index (χ2n) is 5.39. The number of carboxylic acid groups (broad SMARTS) is 1. The van der Waals surface area contributed by atoms with Crippen LogP contribution >= 0.6 is 0 Å². The molecule has 0 aliphatic rings. The maximum Gasteiger partial charge on any atom is 0.326 e. The van der Waals surface area contributed by atoms with Crippen molar-refractivity contribution in [2.45, 2.75) is 33.2 Å². The molecule has 0 aliphatic carbocycles. The molecule has 0 radical (unpaired) electrons. The van der Waals surface area contributed by atoms with Crippen molar-refractivity contribution < 1.29 is 14.7 Å². The third-order valence-corrected chi connectivity index (χ3v) is 2.69.